The summed E-state index contributed by atoms with van der Waals surface area (Å²) in [5.41, 5.74) is 0. The van der Waals surface area contributed by atoms with Gasteiger partial charge in [0.2, 0.25) is 0 Å². The summed E-state index contributed by atoms with van der Waals surface area (Å²) in [5.74, 6) is 0. The van der Waals surface area contributed by atoms with E-state index < -0.39 is 0 Å². The van der Waals surface area contributed by atoms with Crippen LogP contribution in [0.15, 0.2) is 35.2 Å². The van der Waals surface area contributed by atoms with Gasteiger partial charge in [-0.2, -0.15) is 0 Å². The molecule has 0 spiro atoms. The molecule has 14 heavy (non-hydrogen) atoms. The zero-order valence-corrected chi connectivity index (χ0v) is 9.73. The molecule has 0 saturated heterocycles. The molecule has 1 aromatic rings. The quantitative estimate of drug-likeness (QED) is 0.677. The summed E-state index contributed by atoms with van der Waals surface area (Å²) >= 11 is 8.25. The molecule has 0 N–H and O–H groups in total. The van der Waals surface area contributed by atoms with Crippen LogP contribution in [-0.2, 0) is 0 Å². The monoisotopic (exact) mass is 226 g/mol. The maximum Gasteiger partial charge on any atom is 0.0458 e. The van der Waals surface area contributed by atoms with Crippen LogP contribution in [0.4, 0.5) is 0 Å². The highest BCUT2D eigenvalue weighted by Crippen LogP contribution is 2.36. The average Bonchev–Trinajstić information content (AvgIpc) is 2.23. The highest BCUT2D eigenvalue weighted by molar-refractivity contribution is 8.00. The summed E-state index contributed by atoms with van der Waals surface area (Å²) in [7, 11) is 0. The van der Waals surface area contributed by atoms with Crippen LogP contribution in [0.2, 0.25) is 0 Å². The molecule has 0 heterocycles. The Kier molecular flexibility index (Phi) is 3.77. The van der Waals surface area contributed by atoms with E-state index >= 15 is 0 Å². The van der Waals surface area contributed by atoms with Crippen molar-refractivity contribution in [3.63, 3.8) is 0 Å². The molecule has 2 atom stereocenters. The fourth-order valence-corrected chi connectivity index (χ4v) is 3.52. The Morgan fingerprint density at radius 2 is 1.79 bits per heavy atom. The van der Waals surface area contributed by atoms with Crippen molar-refractivity contribution in [1.29, 1.82) is 0 Å². The number of alkyl halides is 1. The Balaban J connectivity index is 1.96. The molecule has 1 saturated carbocycles. The first-order valence-electron chi connectivity index (χ1n) is 5.22. The Morgan fingerprint density at radius 1 is 1.07 bits per heavy atom. The third-order valence-electron chi connectivity index (χ3n) is 2.65. The van der Waals surface area contributed by atoms with E-state index in [0.717, 1.165) is 0 Å². The largest absolute Gasteiger partial charge is 0.122 e. The van der Waals surface area contributed by atoms with Gasteiger partial charge in [-0.25, -0.2) is 0 Å². The van der Waals surface area contributed by atoms with Crippen LogP contribution >= 0.6 is 23.4 Å². The molecule has 1 aliphatic carbocycles. The van der Waals surface area contributed by atoms with Crippen molar-refractivity contribution in [2.24, 2.45) is 0 Å². The first-order valence-corrected chi connectivity index (χ1v) is 6.53. The Bertz CT molecular complexity index is 273. The molecular formula is C12H15ClS. The van der Waals surface area contributed by atoms with Crippen LogP contribution in [0.3, 0.4) is 0 Å². The fraction of sp³-hybridized carbons (Fsp3) is 0.500. The molecular weight excluding hydrogens is 212 g/mol. The van der Waals surface area contributed by atoms with Gasteiger partial charge >= 0.3 is 0 Å². The molecule has 0 bridgehead atoms. The lowest BCUT2D eigenvalue weighted by atomic mass is 10.00. The fourth-order valence-electron chi connectivity index (χ4n) is 1.86. The molecule has 0 amide bonds. The van der Waals surface area contributed by atoms with E-state index in [1.807, 2.05) is 11.8 Å². The smallest absolute Gasteiger partial charge is 0.0458 e. The second-order valence-electron chi connectivity index (χ2n) is 3.77. The topological polar surface area (TPSA) is 0 Å². The first kappa shape index (κ1) is 10.4. The van der Waals surface area contributed by atoms with Crippen molar-refractivity contribution in [2.45, 2.75) is 41.2 Å². The number of rotatable bonds is 2. The van der Waals surface area contributed by atoms with Gasteiger partial charge in [0.25, 0.3) is 0 Å². The summed E-state index contributed by atoms with van der Waals surface area (Å²) in [4.78, 5) is 1.35. The maximum absolute atomic E-state index is 6.31. The highest BCUT2D eigenvalue weighted by Gasteiger charge is 2.23. The summed E-state index contributed by atoms with van der Waals surface area (Å²) in [6, 6.07) is 10.6. The van der Waals surface area contributed by atoms with Crippen LogP contribution in [0.5, 0.6) is 0 Å². The van der Waals surface area contributed by atoms with Crippen molar-refractivity contribution in [1.82, 2.24) is 0 Å². The third-order valence-corrected chi connectivity index (χ3v) is 4.74. The number of halogens is 1. The predicted molar refractivity (Wildman–Crippen MR) is 64.2 cm³/mol. The first-order chi connectivity index (χ1) is 6.86. The molecule has 1 aliphatic rings. The number of thioether (sulfide) groups is 1. The van der Waals surface area contributed by atoms with Gasteiger partial charge in [-0.05, 0) is 25.0 Å². The third kappa shape index (κ3) is 2.68. The molecule has 0 unspecified atom stereocenters. The lowest BCUT2D eigenvalue weighted by molar-refractivity contribution is 0.522. The SMILES string of the molecule is Cl[C@H]1CCCC[C@@H]1Sc1ccccc1. The lowest BCUT2D eigenvalue weighted by Crippen LogP contribution is -2.21. The molecule has 0 nitrogen and oxygen atoms in total. The van der Waals surface area contributed by atoms with E-state index in [1.165, 1.54) is 30.6 Å². The summed E-state index contributed by atoms with van der Waals surface area (Å²) in [5, 5.41) is 0.988. The Labute approximate surface area is 95.0 Å². The van der Waals surface area contributed by atoms with Crippen LogP contribution < -0.4 is 0 Å². The molecule has 0 aromatic heterocycles. The Morgan fingerprint density at radius 3 is 2.50 bits per heavy atom. The molecule has 2 rings (SSSR count). The minimum atomic E-state index is 0.369. The average molecular weight is 227 g/mol. The van der Waals surface area contributed by atoms with E-state index in [9.17, 15) is 0 Å². The van der Waals surface area contributed by atoms with E-state index in [0.29, 0.717) is 10.6 Å². The zero-order chi connectivity index (χ0) is 9.80. The number of benzene rings is 1. The van der Waals surface area contributed by atoms with Gasteiger partial charge in [-0.1, -0.05) is 31.0 Å². The summed E-state index contributed by atoms with van der Waals surface area (Å²) in [6.45, 7) is 0. The summed E-state index contributed by atoms with van der Waals surface area (Å²) in [6.07, 6.45) is 5.10. The van der Waals surface area contributed by atoms with E-state index in [2.05, 4.69) is 30.3 Å². The van der Waals surface area contributed by atoms with Gasteiger partial charge in [0, 0.05) is 15.5 Å². The molecule has 1 fully saturated rings. The second-order valence-corrected chi connectivity index (χ2v) is 5.64. The van der Waals surface area contributed by atoms with Crippen LogP contribution in [0, 0.1) is 0 Å². The second kappa shape index (κ2) is 5.09. The van der Waals surface area contributed by atoms with Crippen molar-refractivity contribution in [3.8, 4) is 0 Å². The van der Waals surface area contributed by atoms with Crippen molar-refractivity contribution < 1.29 is 0 Å². The maximum atomic E-state index is 6.31. The van der Waals surface area contributed by atoms with Gasteiger partial charge in [0.05, 0.1) is 0 Å². The van der Waals surface area contributed by atoms with Gasteiger partial charge in [0.15, 0.2) is 0 Å². The molecule has 76 valence electrons. The molecule has 0 aliphatic heterocycles. The normalized spacial score (nSPS) is 27.5. The van der Waals surface area contributed by atoms with Crippen molar-refractivity contribution in [2.75, 3.05) is 0 Å². The van der Waals surface area contributed by atoms with Crippen molar-refractivity contribution in [3.05, 3.63) is 30.3 Å². The van der Waals surface area contributed by atoms with Crippen LogP contribution in [-0.4, -0.2) is 10.6 Å². The van der Waals surface area contributed by atoms with Crippen molar-refractivity contribution >= 4 is 23.4 Å². The number of hydrogen-bond donors (Lipinski definition) is 0. The predicted octanol–water partition coefficient (Wildman–Crippen LogP) is 4.33. The highest BCUT2D eigenvalue weighted by atomic mass is 35.5. The van der Waals surface area contributed by atoms with E-state index in [-0.39, 0.29) is 0 Å². The van der Waals surface area contributed by atoms with Gasteiger partial charge in [-0.15, -0.1) is 23.4 Å². The van der Waals surface area contributed by atoms with E-state index in [4.69, 9.17) is 11.6 Å². The standard InChI is InChI=1S/C12H15ClS/c13-11-8-4-5-9-12(11)14-10-6-2-1-3-7-10/h1-3,6-7,11-12H,4-5,8-9H2/t11-,12-/m0/s1. The van der Waals surface area contributed by atoms with Gasteiger partial charge in [0.1, 0.15) is 0 Å². The number of hydrogen-bond acceptors (Lipinski definition) is 1. The van der Waals surface area contributed by atoms with E-state index in [1.54, 1.807) is 0 Å². The van der Waals surface area contributed by atoms with Crippen LogP contribution in [0.25, 0.3) is 0 Å². The molecule has 2 heteroatoms. The minimum absolute atomic E-state index is 0.369. The van der Waals surface area contributed by atoms with Crippen LogP contribution in [0.1, 0.15) is 25.7 Å². The lowest BCUT2D eigenvalue weighted by Gasteiger charge is -2.26. The molecule has 0 radical (unpaired) electrons. The van der Waals surface area contributed by atoms with Gasteiger partial charge < -0.3 is 0 Å². The van der Waals surface area contributed by atoms with Gasteiger partial charge in [-0.3, -0.25) is 0 Å². The molecule has 1 aromatic carbocycles. The Hall–Kier alpha value is -0.140. The minimum Gasteiger partial charge on any atom is -0.122 e. The summed E-state index contributed by atoms with van der Waals surface area (Å²) < 4.78 is 0. The zero-order valence-electron chi connectivity index (χ0n) is 8.16.